The predicted molar refractivity (Wildman–Crippen MR) is 83.4 cm³/mol. The number of sulfone groups is 1. The first kappa shape index (κ1) is 15.5. The summed E-state index contributed by atoms with van der Waals surface area (Å²) in [6, 6.07) is 10.6. The van der Waals surface area contributed by atoms with E-state index < -0.39 is 9.84 Å². The van der Waals surface area contributed by atoms with E-state index in [0.29, 0.717) is 18.2 Å². The molecule has 112 valence electrons. The zero-order valence-electron chi connectivity index (χ0n) is 12.4. The first-order valence-electron chi connectivity index (χ1n) is 7.49. The number of nitrogens with one attached hydrogen (secondary N) is 1. The minimum atomic E-state index is -2.86. The van der Waals surface area contributed by atoms with Gasteiger partial charge in [-0.05, 0) is 30.7 Å². The van der Waals surface area contributed by atoms with Crippen molar-refractivity contribution in [3.8, 4) is 0 Å². The van der Waals surface area contributed by atoms with Gasteiger partial charge in [0.05, 0.1) is 11.0 Å². The summed E-state index contributed by atoms with van der Waals surface area (Å²) in [4.78, 5) is 0. The molecule has 20 heavy (non-hydrogen) atoms. The van der Waals surface area contributed by atoms with Gasteiger partial charge in [-0.25, -0.2) is 8.42 Å². The molecule has 1 fully saturated rings. The molecule has 2 atom stereocenters. The Morgan fingerprint density at radius 2 is 1.95 bits per heavy atom. The lowest BCUT2D eigenvalue weighted by molar-refractivity contribution is 0.426. The molecule has 0 spiro atoms. The van der Waals surface area contributed by atoms with Crippen molar-refractivity contribution in [1.29, 1.82) is 0 Å². The van der Waals surface area contributed by atoms with E-state index in [0.717, 1.165) is 19.3 Å². The van der Waals surface area contributed by atoms with Crippen LogP contribution < -0.4 is 5.32 Å². The van der Waals surface area contributed by atoms with Gasteiger partial charge in [-0.2, -0.15) is 0 Å². The molecule has 1 heterocycles. The van der Waals surface area contributed by atoms with E-state index in [1.165, 1.54) is 5.56 Å². The summed E-state index contributed by atoms with van der Waals surface area (Å²) in [5.41, 5.74) is 1.25. The number of hydrogen-bond acceptors (Lipinski definition) is 3. The summed E-state index contributed by atoms with van der Waals surface area (Å²) in [7, 11) is -2.86. The molecule has 2 rings (SSSR count). The Hall–Kier alpha value is -0.870. The lowest BCUT2D eigenvalue weighted by Gasteiger charge is -2.23. The molecule has 0 radical (unpaired) electrons. The summed E-state index contributed by atoms with van der Waals surface area (Å²) in [5, 5.41) is 3.29. The van der Waals surface area contributed by atoms with Gasteiger partial charge in [0.15, 0.2) is 9.84 Å². The first-order chi connectivity index (χ1) is 9.49. The maximum absolute atomic E-state index is 11.9. The van der Waals surface area contributed by atoms with E-state index in [2.05, 4.69) is 31.3 Å². The topological polar surface area (TPSA) is 46.2 Å². The smallest absolute Gasteiger partial charge is 0.154 e. The van der Waals surface area contributed by atoms with E-state index in [-0.39, 0.29) is 11.3 Å². The lowest BCUT2D eigenvalue weighted by atomic mass is 9.97. The molecule has 0 aromatic heterocycles. The number of benzene rings is 1. The first-order valence-corrected chi connectivity index (χ1v) is 9.20. The van der Waals surface area contributed by atoms with E-state index in [1.54, 1.807) is 0 Å². The molecule has 2 unspecified atom stereocenters. The van der Waals surface area contributed by atoms with Crippen molar-refractivity contribution in [2.24, 2.45) is 5.92 Å². The highest BCUT2D eigenvalue weighted by Gasteiger charge is 2.31. The summed E-state index contributed by atoms with van der Waals surface area (Å²) >= 11 is 0. The summed E-state index contributed by atoms with van der Waals surface area (Å²) < 4.78 is 23.8. The second-order valence-corrected chi connectivity index (χ2v) is 8.53. The average Bonchev–Trinajstić information content (AvgIpc) is 2.74. The Morgan fingerprint density at radius 1 is 1.25 bits per heavy atom. The predicted octanol–water partition coefficient (Wildman–Crippen LogP) is 2.94. The van der Waals surface area contributed by atoms with Crippen LogP contribution in [0.5, 0.6) is 0 Å². The van der Waals surface area contributed by atoms with Gasteiger partial charge in [0, 0.05) is 12.6 Å². The molecule has 0 amide bonds. The Balaban J connectivity index is 2.02. The van der Waals surface area contributed by atoms with Gasteiger partial charge in [0.25, 0.3) is 0 Å². The Morgan fingerprint density at radius 3 is 2.50 bits per heavy atom. The van der Waals surface area contributed by atoms with E-state index in [4.69, 9.17) is 0 Å². The van der Waals surface area contributed by atoms with E-state index in [9.17, 15) is 8.42 Å². The van der Waals surface area contributed by atoms with Gasteiger partial charge in [0.2, 0.25) is 0 Å². The van der Waals surface area contributed by atoms with Gasteiger partial charge >= 0.3 is 0 Å². The Kier molecular flexibility index (Phi) is 5.22. The van der Waals surface area contributed by atoms with Crippen molar-refractivity contribution < 1.29 is 8.42 Å². The molecule has 1 N–H and O–H groups in total. The lowest BCUT2D eigenvalue weighted by Crippen LogP contribution is -2.33. The van der Waals surface area contributed by atoms with Crippen LogP contribution in [0, 0.1) is 5.92 Å². The monoisotopic (exact) mass is 295 g/mol. The van der Waals surface area contributed by atoms with Crippen LogP contribution >= 0.6 is 0 Å². The third-order valence-electron chi connectivity index (χ3n) is 3.96. The van der Waals surface area contributed by atoms with Gasteiger partial charge in [-0.3, -0.25) is 0 Å². The molecular weight excluding hydrogens is 270 g/mol. The van der Waals surface area contributed by atoms with Crippen molar-refractivity contribution >= 4 is 9.84 Å². The summed E-state index contributed by atoms with van der Waals surface area (Å²) in [6.07, 6.45) is 2.64. The largest absolute Gasteiger partial charge is 0.309 e. The summed E-state index contributed by atoms with van der Waals surface area (Å²) in [5.74, 6) is 0.937. The second-order valence-electron chi connectivity index (χ2n) is 6.13. The molecule has 4 heteroatoms. The van der Waals surface area contributed by atoms with Crippen LogP contribution in [0.25, 0.3) is 0 Å². The van der Waals surface area contributed by atoms with E-state index in [1.807, 2.05) is 18.2 Å². The van der Waals surface area contributed by atoms with Crippen molar-refractivity contribution in [2.75, 3.05) is 12.3 Å². The highest BCUT2D eigenvalue weighted by Crippen LogP contribution is 2.24. The Bertz CT molecular complexity index is 511. The highest BCUT2D eigenvalue weighted by atomic mass is 32.2. The molecule has 1 aliphatic heterocycles. The van der Waals surface area contributed by atoms with Crippen LogP contribution in [0.2, 0.25) is 0 Å². The molecule has 0 aliphatic carbocycles. The SMILES string of the molecule is CC(C)CC(NCC1CCCS1(=O)=O)c1ccccc1. The molecule has 0 bridgehead atoms. The van der Waals surface area contributed by atoms with Crippen molar-refractivity contribution in [3.05, 3.63) is 35.9 Å². The van der Waals surface area contributed by atoms with Crippen LogP contribution in [0.4, 0.5) is 0 Å². The maximum atomic E-state index is 11.9. The van der Waals surface area contributed by atoms with Crippen LogP contribution in [-0.2, 0) is 9.84 Å². The highest BCUT2D eigenvalue weighted by molar-refractivity contribution is 7.92. The molecule has 1 aliphatic rings. The molecule has 3 nitrogen and oxygen atoms in total. The zero-order valence-corrected chi connectivity index (χ0v) is 13.2. The van der Waals surface area contributed by atoms with Crippen LogP contribution in [-0.4, -0.2) is 26.0 Å². The van der Waals surface area contributed by atoms with Gasteiger partial charge in [0.1, 0.15) is 0 Å². The van der Waals surface area contributed by atoms with Gasteiger partial charge in [-0.15, -0.1) is 0 Å². The van der Waals surface area contributed by atoms with Gasteiger partial charge < -0.3 is 5.32 Å². The minimum Gasteiger partial charge on any atom is -0.309 e. The van der Waals surface area contributed by atoms with E-state index >= 15 is 0 Å². The molecular formula is C16H25NO2S. The third-order valence-corrected chi connectivity index (χ3v) is 6.24. The quantitative estimate of drug-likeness (QED) is 0.877. The Labute approximate surface area is 122 Å². The van der Waals surface area contributed by atoms with Crippen molar-refractivity contribution in [3.63, 3.8) is 0 Å². The van der Waals surface area contributed by atoms with Crippen molar-refractivity contribution in [2.45, 2.75) is 44.4 Å². The van der Waals surface area contributed by atoms with Gasteiger partial charge in [-0.1, -0.05) is 44.2 Å². The standard InChI is InChI=1S/C16H25NO2S/c1-13(2)11-16(14-7-4-3-5-8-14)17-12-15-9-6-10-20(15,18)19/h3-5,7-8,13,15-17H,6,9-12H2,1-2H3. The fourth-order valence-electron chi connectivity index (χ4n) is 2.86. The third kappa shape index (κ3) is 4.06. The molecule has 1 saturated heterocycles. The van der Waals surface area contributed by atoms with Crippen LogP contribution in [0.15, 0.2) is 30.3 Å². The fraction of sp³-hybridized carbons (Fsp3) is 0.625. The number of rotatable bonds is 6. The maximum Gasteiger partial charge on any atom is 0.154 e. The number of hydrogen-bond donors (Lipinski definition) is 1. The van der Waals surface area contributed by atoms with Crippen LogP contribution in [0.1, 0.15) is 44.7 Å². The molecule has 1 aromatic carbocycles. The van der Waals surface area contributed by atoms with Crippen LogP contribution in [0.3, 0.4) is 0 Å². The van der Waals surface area contributed by atoms with Crippen molar-refractivity contribution in [1.82, 2.24) is 5.32 Å². The zero-order chi connectivity index (χ0) is 14.6. The summed E-state index contributed by atoms with van der Waals surface area (Å²) in [6.45, 7) is 4.97. The second kappa shape index (κ2) is 6.72. The minimum absolute atomic E-state index is 0.194. The average molecular weight is 295 g/mol. The normalized spacial score (nSPS) is 23.1. The molecule has 0 saturated carbocycles. The fourth-order valence-corrected chi connectivity index (χ4v) is 4.63. The molecule has 1 aromatic rings.